The van der Waals surface area contributed by atoms with Crippen LogP contribution < -0.4 is 5.32 Å². The molecule has 0 aromatic rings. The zero-order valence-electron chi connectivity index (χ0n) is 11.5. The second-order valence-corrected chi connectivity index (χ2v) is 5.62. The minimum Gasteiger partial charge on any atom is -0.378 e. The molecular weight excluding hydrogens is 244 g/mol. The lowest BCUT2D eigenvalue weighted by atomic mass is 10.1. The van der Waals surface area contributed by atoms with Crippen molar-refractivity contribution < 1.29 is 9.53 Å². The number of amides is 1. The molecule has 0 aromatic carbocycles. The Labute approximate surface area is 114 Å². The summed E-state index contributed by atoms with van der Waals surface area (Å²) in [6.07, 6.45) is 0. The molecule has 0 unspecified atom stereocenters. The number of piperazine rings is 1. The van der Waals surface area contributed by atoms with Crippen LogP contribution in [0.3, 0.4) is 0 Å². The van der Waals surface area contributed by atoms with Crippen LogP contribution in [0.1, 0.15) is 0 Å². The predicted molar refractivity (Wildman–Crippen MR) is 72.1 cm³/mol. The van der Waals surface area contributed by atoms with Crippen molar-refractivity contribution in [3.63, 3.8) is 0 Å². The molecule has 19 heavy (non-hydrogen) atoms. The normalized spacial score (nSPS) is 27.3. The topological polar surface area (TPSA) is 48.1 Å². The van der Waals surface area contributed by atoms with Crippen molar-refractivity contribution in [3.05, 3.63) is 0 Å². The van der Waals surface area contributed by atoms with Crippen LogP contribution in [-0.2, 0) is 9.53 Å². The zero-order valence-corrected chi connectivity index (χ0v) is 11.5. The number of nitrogens with one attached hydrogen (secondary N) is 1. The van der Waals surface area contributed by atoms with E-state index in [-0.39, 0.29) is 5.91 Å². The summed E-state index contributed by atoms with van der Waals surface area (Å²) in [5, 5.41) is 3.32. The molecule has 3 rings (SSSR count). The lowest BCUT2D eigenvalue weighted by molar-refractivity contribution is -0.137. The fourth-order valence-electron chi connectivity index (χ4n) is 2.92. The Morgan fingerprint density at radius 3 is 2.32 bits per heavy atom. The molecule has 3 fully saturated rings. The second-order valence-electron chi connectivity index (χ2n) is 5.62. The minimum atomic E-state index is 0.266. The van der Waals surface area contributed by atoms with Crippen LogP contribution in [0.5, 0.6) is 0 Å². The van der Waals surface area contributed by atoms with Crippen LogP contribution in [0.4, 0.5) is 0 Å². The van der Waals surface area contributed by atoms with Crippen LogP contribution in [-0.4, -0.2) is 98.8 Å². The number of ether oxygens (including phenoxy) is 1. The smallest absolute Gasteiger partial charge is 0.236 e. The number of carbonyl (C=O) groups is 1. The largest absolute Gasteiger partial charge is 0.378 e. The highest BCUT2D eigenvalue weighted by Gasteiger charge is 2.28. The predicted octanol–water partition coefficient (Wildman–Crippen LogP) is -1.57. The quantitative estimate of drug-likeness (QED) is 0.670. The van der Waals surface area contributed by atoms with E-state index < -0.39 is 0 Å². The Balaban J connectivity index is 1.40. The van der Waals surface area contributed by atoms with Gasteiger partial charge in [-0.15, -0.1) is 0 Å². The molecule has 0 spiro atoms. The summed E-state index contributed by atoms with van der Waals surface area (Å²) < 4.78 is 5.28. The highest BCUT2D eigenvalue weighted by Crippen LogP contribution is 2.10. The summed E-state index contributed by atoms with van der Waals surface area (Å²) in [7, 11) is 0. The van der Waals surface area contributed by atoms with E-state index in [4.69, 9.17) is 4.74 Å². The molecule has 3 aliphatic heterocycles. The van der Waals surface area contributed by atoms with Crippen LogP contribution in [0, 0.1) is 0 Å². The van der Waals surface area contributed by atoms with Gasteiger partial charge in [0.2, 0.25) is 5.91 Å². The van der Waals surface area contributed by atoms with E-state index in [2.05, 4.69) is 15.1 Å². The molecule has 6 nitrogen and oxygen atoms in total. The Morgan fingerprint density at radius 2 is 1.74 bits per heavy atom. The molecule has 3 aliphatic rings. The average Bonchev–Trinajstić information content (AvgIpc) is 2.40. The van der Waals surface area contributed by atoms with E-state index in [1.54, 1.807) is 0 Å². The highest BCUT2D eigenvalue weighted by molar-refractivity contribution is 5.78. The maximum Gasteiger partial charge on any atom is 0.236 e. The number of carbonyl (C=O) groups excluding carboxylic acids is 1. The van der Waals surface area contributed by atoms with Crippen molar-refractivity contribution in [2.24, 2.45) is 0 Å². The maximum absolute atomic E-state index is 12.2. The van der Waals surface area contributed by atoms with Gasteiger partial charge in [-0.05, 0) is 0 Å². The molecule has 1 amide bonds. The van der Waals surface area contributed by atoms with Gasteiger partial charge in [0, 0.05) is 58.4 Å². The van der Waals surface area contributed by atoms with E-state index in [0.717, 1.165) is 58.4 Å². The third-order valence-corrected chi connectivity index (χ3v) is 4.41. The van der Waals surface area contributed by atoms with Crippen molar-refractivity contribution in [2.75, 3.05) is 72.1 Å². The first kappa shape index (κ1) is 13.3. The van der Waals surface area contributed by atoms with Gasteiger partial charge >= 0.3 is 0 Å². The Bertz CT molecular complexity index is 308. The van der Waals surface area contributed by atoms with Gasteiger partial charge in [-0.1, -0.05) is 0 Å². The van der Waals surface area contributed by atoms with E-state index in [9.17, 15) is 4.79 Å². The number of rotatable bonds is 3. The molecular formula is C13H24N4O2. The Kier molecular flexibility index (Phi) is 4.32. The van der Waals surface area contributed by atoms with E-state index in [1.165, 1.54) is 0 Å². The van der Waals surface area contributed by atoms with Crippen molar-refractivity contribution in [1.29, 1.82) is 0 Å². The van der Waals surface area contributed by atoms with Crippen molar-refractivity contribution >= 4 is 5.91 Å². The van der Waals surface area contributed by atoms with Crippen LogP contribution in [0.2, 0.25) is 0 Å². The summed E-state index contributed by atoms with van der Waals surface area (Å²) in [5.74, 6) is 0.266. The number of hydrogen-bond acceptors (Lipinski definition) is 5. The van der Waals surface area contributed by atoms with Gasteiger partial charge in [-0.2, -0.15) is 0 Å². The van der Waals surface area contributed by atoms with E-state index >= 15 is 0 Å². The standard InChI is InChI=1S/C13H24N4O2/c18-13(17-5-7-19-8-6-17)11-15-1-3-16(4-2-15)12-9-14-10-12/h12,14H,1-11H2. The molecule has 1 N–H and O–H groups in total. The molecule has 0 atom stereocenters. The third kappa shape index (κ3) is 3.25. The van der Waals surface area contributed by atoms with Gasteiger partial charge in [-0.3, -0.25) is 14.6 Å². The fraction of sp³-hybridized carbons (Fsp3) is 0.923. The Morgan fingerprint density at radius 1 is 1.05 bits per heavy atom. The zero-order chi connectivity index (χ0) is 13.1. The summed E-state index contributed by atoms with van der Waals surface area (Å²) in [6.45, 7) is 9.97. The molecule has 0 saturated carbocycles. The summed E-state index contributed by atoms with van der Waals surface area (Å²) in [5.41, 5.74) is 0. The average molecular weight is 268 g/mol. The fourth-order valence-corrected chi connectivity index (χ4v) is 2.92. The molecule has 0 bridgehead atoms. The van der Waals surface area contributed by atoms with Crippen LogP contribution in [0.25, 0.3) is 0 Å². The molecule has 3 saturated heterocycles. The van der Waals surface area contributed by atoms with E-state index in [0.29, 0.717) is 19.8 Å². The molecule has 0 radical (unpaired) electrons. The van der Waals surface area contributed by atoms with Gasteiger partial charge in [0.1, 0.15) is 0 Å². The Hall–Kier alpha value is -0.690. The molecule has 3 heterocycles. The van der Waals surface area contributed by atoms with Crippen LogP contribution in [0.15, 0.2) is 0 Å². The van der Waals surface area contributed by atoms with Gasteiger partial charge in [0.05, 0.1) is 19.8 Å². The van der Waals surface area contributed by atoms with Gasteiger partial charge in [-0.25, -0.2) is 0 Å². The number of hydrogen-bond donors (Lipinski definition) is 1. The molecule has 0 aromatic heterocycles. The summed E-state index contributed by atoms with van der Waals surface area (Å²) in [6, 6.07) is 0.733. The van der Waals surface area contributed by atoms with Gasteiger partial charge in [0.25, 0.3) is 0 Å². The maximum atomic E-state index is 12.2. The highest BCUT2D eigenvalue weighted by atomic mass is 16.5. The first-order valence-electron chi connectivity index (χ1n) is 7.35. The number of nitrogens with zero attached hydrogens (tertiary/aromatic N) is 3. The lowest BCUT2D eigenvalue weighted by Crippen LogP contribution is -2.62. The molecule has 108 valence electrons. The second kappa shape index (κ2) is 6.17. The van der Waals surface area contributed by atoms with Crippen LogP contribution >= 0.6 is 0 Å². The SMILES string of the molecule is O=C(CN1CCN(C2CNC2)CC1)N1CCOCC1. The van der Waals surface area contributed by atoms with Crippen molar-refractivity contribution in [2.45, 2.75) is 6.04 Å². The summed E-state index contributed by atoms with van der Waals surface area (Å²) >= 11 is 0. The molecule has 6 heteroatoms. The lowest BCUT2D eigenvalue weighted by Gasteiger charge is -2.43. The van der Waals surface area contributed by atoms with Gasteiger partial charge in [0.15, 0.2) is 0 Å². The number of morpholine rings is 1. The molecule has 0 aliphatic carbocycles. The van der Waals surface area contributed by atoms with E-state index in [1.807, 2.05) is 4.90 Å². The first-order valence-corrected chi connectivity index (χ1v) is 7.35. The van der Waals surface area contributed by atoms with Crippen molar-refractivity contribution in [1.82, 2.24) is 20.0 Å². The van der Waals surface area contributed by atoms with Crippen molar-refractivity contribution in [3.8, 4) is 0 Å². The third-order valence-electron chi connectivity index (χ3n) is 4.41. The van der Waals surface area contributed by atoms with Gasteiger partial charge < -0.3 is 15.0 Å². The monoisotopic (exact) mass is 268 g/mol. The minimum absolute atomic E-state index is 0.266. The summed E-state index contributed by atoms with van der Waals surface area (Å²) in [4.78, 5) is 18.9. The first-order chi connectivity index (χ1) is 9.33.